The molecule has 1 unspecified atom stereocenters. The van der Waals surface area contributed by atoms with E-state index in [2.05, 4.69) is 10.1 Å². The number of benzene rings is 4. The van der Waals surface area contributed by atoms with Crippen LogP contribution < -0.4 is 10.1 Å². The molecule has 0 aromatic heterocycles. The Hall–Kier alpha value is -4.78. The second-order valence-electron chi connectivity index (χ2n) is 9.09. The first-order valence-electron chi connectivity index (χ1n) is 12.5. The number of carbonyl (C=O) groups excluding carboxylic acids is 2. The van der Waals surface area contributed by atoms with Crippen molar-refractivity contribution in [2.24, 2.45) is 0 Å². The van der Waals surface area contributed by atoms with E-state index in [1.807, 2.05) is 72.8 Å². The van der Waals surface area contributed by atoms with E-state index in [4.69, 9.17) is 5.26 Å². The molecule has 0 radical (unpaired) electrons. The molecular formula is C31H28N4O4S. The number of nitriles is 1. The van der Waals surface area contributed by atoms with Crippen LogP contribution in [0.25, 0.3) is 0 Å². The normalized spacial score (nSPS) is 11.8. The molecule has 0 saturated heterocycles. The zero-order chi connectivity index (χ0) is 28.5. The summed E-state index contributed by atoms with van der Waals surface area (Å²) in [5.74, 6) is -1.21. The van der Waals surface area contributed by atoms with Crippen molar-refractivity contribution in [1.82, 2.24) is 15.2 Å². The van der Waals surface area contributed by atoms with E-state index < -0.39 is 33.9 Å². The van der Waals surface area contributed by atoms with Crippen molar-refractivity contribution in [1.29, 1.82) is 5.26 Å². The fourth-order valence-corrected chi connectivity index (χ4v) is 5.38. The molecule has 4 aromatic rings. The SMILES string of the molecule is CC(=O)N(NS(=O)(=O)c1ccc(C#N)cc1)C(Cc1ccccc1)C(=O)NC(c1ccccc1)c1ccccc1. The van der Waals surface area contributed by atoms with E-state index in [1.54, 1.807) is 24.3 Å². The van der Waals surface area contributed by atoms with Gasteiger partial charge in [0.1, 0.15) is 6.04 Å². The first kappa shape index (κ1) is 28.2. The van der Waals surface area contributed by atoms with Gasteiger partial charge in [-0.1, -0.05) is 91.0 Å². The molecule has 4 aromatic carbocycles. The third-order valence-electron chi connectivity index (χ3n) is 6.29. The van der Waals surface area contributed by atoms with Gasteiger partial charge in [0.15, 0.2) is 0 Å². The Morgan fingerprint density at radius 2 is 1.30 bits per heavy atom. The van der Waals surface area contributed by atoms with E-state index >= 15 is 0 Å². The van der Waals surface area contributed by atoms with Gasteiger partial charge < -0.3 is 5.32 Å². The van der Waals surface area contributed by atoms with E-state index in [9.17, 15) is 18.0 Å². The van der Waals surface area contributed by atoms with Crippen LogP contribution in [0.3, 0.4) is 0 Å². The number of rotatable bonds is 10. The highest BCUT2D eigenvalue weighted by Gasteiger charge is 2.34. The van der Waals surface area contributed by atoms with Gasteiger partial charge in [0.25, 0.3) is 10.0 Å². The average molecular weight is 553 g/mol. The molecule has 4 rings (SSSR count). The monoisotopic (exact) mass is 552 g/mol. The molecule has 0 aliphatic rings. The van der Waals surface area contributed by atoms with E-state index in [1.165, 1.54) is 31.2 Å². The molecule has 0 heterocycles. The minimum absolute atomic E-state index is 0.0540. The van der Waals surface area contributed by atoms with Crippen LogP contribution in [0, 0.1) is 11.3 Å². The highest BCUT2D eigenvalue weighted by Crippen LogP contribution is 2.23. The van der Waals surface area contributed by atoms with Crippen molar-refractivity contribution < 1.29 is 18.0 Å². The van der Waals surface area contributed by atoms with Crippen LogP contribution in [0.4, 0.5) is 0 Å². The summed E-state index contributed by atoms with van der Waals surface area (Å²) in [7, 11) is -4.27. The van der Waals surface area contributed by atoms with Crippen molar-refractivity contribution in [2.75, 3.05) is 0 Å². The minimum atomic E-state index is -4.27. The Morgan fingerprint density at radius 3 is 1.77 bits per heavy atom. The molecular weight excluding hydrogens is 524 g/mol. The van der Waals surface area contributed by atoms with Crippen LogP contribution in [0.15, 0.2) is 120 Å². The molecule has 8 nitrogen and oxygen atoms in total. The number of sulfonamides is 1. The maximum atomic E-state index is 14.0. The number of nitrogens with one attached hydrogen (secondary N) is 2. The number of hydrogen-bond acceptors (Lipinski definition) is 5. The topological polar surface area (TPSA) is 119 Å². The molecule has 40 heavy (non-hydrogen) atoms. The molecule has 0 aliphatic heterocycles. The standard InChI is InChI=1S/C31H28N4O4S/c1-23(36)35(34-40(38,39)28-19-17-25(22-32)18-20-28)29(21-24-11-5-2-6-12-24)31(37)33-30(26-13-7-3-8-14-26)27-15-9-4-10-16-27/h2-20,29-30,34H,21H2,1H3,(H,33,37). The van der Waals surface area contributed by atoms with Crippen LogP contribution in [0.1, 0.15) is 35.2 Å². The van der Waals surface area contributed by atoms with Gasteiger partial charge in [-0.25, -0.2) is 8.42 Å². The molecule has 202 valence electrons. The number of hydrogen-bond donors (Lipinski definition) is 2. The largest absolute Gasteiger partial charge is 0.343 e. The number of amides is 2. The second-order valence-corrected chi connectivity index (χ2v) is 10.7. The highest BCUT2D eigenvalue weighted by atomic mass is 32.2. The number of nitrogens with zero attached hydrogens (tertiary/aromatic N) is 2. The third-order valence-corrected chi connectivity index (χ3v) is 7.62. The van der Waals surface area contributed by atoms with Gasteiger partial charge in [-0.2, -0.15) is 5.26 Å². The van der Waals surface area contributed by atoms with Crippen molar-refractivity contribution >= 4 is 21.8 Å². The van der Waals surface area contributed by atoms with Crippen LogP contribution in [0.2, 0.25) is 0 Å². The Labute approximate surface area is 233 Å². The minimum Gasteiger partial charge on any atom is -0.343 e. The van der Waals surface area contributed by atoms with Gasteiger partial charge in [0.05, 0.1) is 22.6 Å². The van der Waals surface area contributed by atoms with E-state index in [-0.39, 0.29) is 16.9 Å². The van der Waals surface area contributed by atoms with E-state index in [0.29, 0.717) is 0 Å². The van der Waals surface area contributed by atoms with Crippen LogP contribution in [-0.2, 0) is 26.0 Å². The number of hydrazine groups is 1. The molecule has 2 N–H and O–H groups in total. The molecule has 0 fully saturated rings. The van der Waals surface area contributed by atoms with E-state index in [0.717, 1.165) is 21.7 Å². The fourth-order valence-electron chi connectivity index (χ4n) is 4.27. The molecule has 9 heteroatoms. The summed E-state index contributed by atoms with van der Waals surface area (Å²) in [4.78, 5) is 29.0. The lowest BCUT2D eigenvalue weighted by Crippen LogP contribution is -2.57. The predicted molar refractivity (Wildman–Crippen MR) is 151 cm³/mol. The van der Waals surface area contributed by atoms with Gasteiger partial charge in [-0.3, -0.25) is 14.6 Å². The van der Waals surface area contributed by atoms with Gasteiger partial charge in [0, 0.05) is 13.3 Å². The molecule has 1 atom stereocenters. The zero-order valence-electron chi connectivity index (χ0n) is 21.8. The summed E-state index contributed by atoms with van der Waals surface area (Å²) in [6, 6.07) is 33.3. The highest BCUT2D eigenvalue weighted by molar-refractivity contribution is 7.89. The summed E-state index contributed by atoms with van der Waals surface area (Å²) in [5.41, 5.74) is 2.68. The summed E-state index contributed by atoms with van der Waals surface area (Å²) < 4.78 is 26.5. The van der Waals surface area contributed by atoms with Gasteiger partial charge in [-0.15, -0.1) is 4.83 Å². The van der Waals surface area contributed by atoms with Gasteiger partial charge in [0.2, 0.25) is 11.8 Å². The summed E-state index contributed by atoms with van der Waals surface area (Å²) in [6.07, 6.45) is 0.0540. The Morgan fingerprint density at radius 1 is 0.800 bits per heavy atom. The maximum Gasteiger partial charge on any atom is 0.257 e. The second kappa shape index (κ2) is 12.8. The van der Waals surface area contributed by atoms with Crippen molar-refractivity contribution in [3.05, 3.63) is 138 Å². The molecule has 0 aliphatic carbocycles. The molecule has 0 saturated carbocycles. The smallest absolute Gasteiger partial charge is 0.257 e. The summed E-state index contributed by atoms with van der Waals surface area (Å²) in [5, 5.41) is 12.9. The Balaban J connectivity index is 1.71. The summed E-state index contributed by atoms with van der Waals surface area (Å²) >= 11 is 0. The third kappa shape index (κ3) is 6.99. The lowest BCUT2D eigenvalue weighted by Gasteiger charge is -2.32. The quantitative estimate of drug-likeness (QED) is 0.287. The van der Waals surface area contributed by atoms with Gasteiger partial charge >= 0.3 is 0 Å². The van der Waals surface area contributed by atoms with Crippen LogP contribution >= 0.6 is 0 Å². The molecule has 0 bridgehead atoms. The van der Waals surface area contributed by atoms with Crippen molar-refractivity contribution in [2.45, 2.75) is 30.3 Å². The Kier molecular flexibility index (Phi) is 9.07. The molecule has 2 amide bonds. The van der Waals surface area contributed by atoms with Gasteiger partial charge in [-0.05, 0) is 41.0 Å². The molecule has 0 spiro atoms. The van der Waals surface area contributed by atoms with Crippen molar-refractivity contribution in [3.8, 4) is 6.07 Å². The maximum absolute atomic E-state index is 14.0. The lowest BCUT2D eigenvalue weighted by atomic mass is 9.97. The van der Waals surface area contributed by atoms with Crippen LogP contribution in [0.5, 0.6) is 0 Å². The van der Waals surface area contributed by atoms with Crippen LogP contribution in [-0.4, -0.2) is 31.3 Å². The zero-order valence-corrected chi connectivity index (χ0v) is 22.6. The first-order valence-corrected chi connectivity index (χ1v) is 14.0. The average Bonchev–Trinajstić information content (AvgIpc) is 2.99. The summed E-state index contributed by atoms with van der Waals surface area (Å²) in [6.45, 7) is 1.19. The Bertz CT molecular complexity index is 1550. The van der Waals surface area contributed by atoms with Crippen molar-refractivity contribution in [3.63, 3.8) is 0 Å². The lowest BCUT2D eigenvalue weighted by molar-refractivity contribution is -0.140. The predicted octanol–water partition coefficient (Wildman–Crippen LogP) is 4.12. The fraction of sp³-hybridized carbons (Fsp3) is 0.129. The first-order chi connectivity index (χ1) is 19.3. The number of carbonyl (C=O) groups is 2.